The molecular formula is C15H14ClN3. The Bertz CT molecular complexity index is 587. The molecule has 1 heterocycles. The van der Waals surface area contributed by atoms with Crippen LogP contribution in [0.15, 0.2) is 42.6 Å². The van der Waals surface area contributed by atoms with Crippen LogP contribution < -0.4 is 5.32 Å². The van der Waals surface area contributed by atoms with Crippen LogP contribution in [0.25, 0.3) is 0 Å². The molecule has 19 heavy (non-hydrogen) atoms. The van der Waals surface area contributed by atoms with Crippen LogP contribution in [-0.2, 0) is 6.54 Å². The number of halogens is 1. The molecule has 1 N–H and O–H groups in total. The largest absolute Gasteiger partial charge is 0.306 e. The normalized spacial score (nSPS) is 11.8. The standard InChI is InChI=1S/C15H14ClN3/c1-11(13-2-4-14(16)5-3-13)19-10-12-6-7-18-15(8-12)9-17/h2-8,11,19H,10H2,1H3/t11-/m0/s1. The molecule has 2 rings (SSSR count). The number of aromatic nitrogens is 1. The lowest BCUT2D eigenvalue weighted by Crippen LogP contribution is -2.18. The molecule has 0 unspecified atom stereocenters. The highest BCUT2D eigenvalue weighted by atomic mass is 35.5. The van der Waals surface area contributed by atoms with Crippen LogP contribution >= 0.6 is 11.6 Å². The van der Waals surface area contributed by atoms with Crippen LogP contribution in [0, 0.1) is 11.3 Å². The summed E-state index contributed by atoms with van der Waals surface area (Å²) in [5, 5.41) is 12.9. The average molecular weight is 272 g/mol. The summed E-state index contributed by atoms with van der Waals surface area (Å²) in [7, 11) is 0. The number of nitriles is 1. The maximum absolute atomic E-state index is 8.80. The summed E-state index contributed by atoms with van der Waals surface area (Å²) >= 11 is 5.86. The quantitative estimate of drug-likeness (QED) is 0.926. The molecule has 0 aliphatic heterocycles. The molecule has 0 aliphatic carbocycles. The van der Waals surface area contributed by atoms with Crippen LogP contribution in [-0.4, -0.2) is 4.98 Å². The van der Waals surface area contributed by atoms with Crippen molar-refractivity contribution < 1.29 is 0 Å². The van der Waals surface area contributed by atoms with Gasteiger partial charge in [-0.25, -0.2) is 4.98 Å². The molecule has 0 spiro atoms. The summed E-state index contributed by atoms with van der Waals surface area (Å²) in [5.74, 6) is 0. The van der Waals surface area contributed by atoms with E-state index in [1.54, 1.807) is 12.3 Å². The molecule has 0 amide bonds. The lowest BCUT2D eigenvalue weighted by molar-refractivity contribution is 0.574. The molecule has 0 radical (unpaired) electrons. The molecule has 96 valence electrons. The maximum atomic E-state index is 8.80. The van der Waals surface area contributed by atoms with Gasteiger partial charge in [-0.15, -0.1) is 0 Å². The van der Waals surface area contributed by atoms with E-state index >= 15 is 0 Å². The molecular weight excluding hydrogens is 258 g/mol. The van der Waals surface area contributed by atoms with Gasteiger partial charge in [-0.3, -0.25) is 0 Å². The second-order valence-corrected chi connectivity index (χ2v) is 4.75. The minimum Gasteiger partial charge on any atom is -0.306 e. The van der Waals surface area contributed by atoms with E-state index in [-0.39, 0.29) is 6.04 Å². The smallest absolute Gasteiger partial charge is 0.140 e. The number of pyridine rings is 1. The lowest BCUT2D eigenvalue weighted by atomic mass is 10.1. The molecule has 4 heteroatoms. The number of hydrogen-bond acceptors (Lipinski definition) is 3. The molecule has 0 bridgehead atoms. The van der Waals surface area contributed by atoms with E-state index in [0.29, 0.717) is 12.2 Å². The van der Waals surface area contributed by atoms with E-state index in [1.165, 1.54) is 5.56 Å². The maximum Gasteiger partial charge on any atom is 0.140 e. The molecule has 0 saturated heterocycles. The van der Waals surface area contributed by atoms with E-state index in [4.69, 9.17) is 16.9 Å². The van der Waals surface area contributed by atoms with E-state index in [1.807, 2.05) is 36.4 Å². The highest BCUT2D eigenvalue weighted by Gasteiger charge is 2.05. The Labute approximate surface area is 117 Å². The Kier molecular flexibility index (Phi) is 4.51. The summed E-state index contributed by atoms with van der Waals surface area (Å²) in [6.45, 7) is 2.79. The molecule has 1 aromatic heterocycles. The first-order valence-electron chi connectivity index (χ1n) is 6.03. The zero-order valence-corrected chi connectivity index (χ0v) is 11.4. The zero-order valence-electron chi connectivity index (χ0n) is 10.6. The van der Waals surface area contributed by atoms with Gasteiger partial charge in [-0.2, -0.15) is 5.26 Å². The van der Waals surface area contributed by atoms with Crippen LogP contribution in [0.5, 0.6) is 0 Å². The van der Waals surface area contributed by atoms with Crippen molar-refractivity contribution >= 4 is 11.6 Å². The van der Waals surface area contributed by atoms with Gasteiger partial charge < -0.3 is 5.32 Å². The van der Waals surface area contributed by atoms with Crippen molar-refractivity contribution in [2.45, 2.75) is 19.5 Å². The minimum atomic E-state index is 0.218. The second kappa shape index (κ2) is 6.33. The predicted octanol–water partition coefficient (Wildman–Crippen LogP) is 3.46. The van der Waals surface area contributed by atoms with Gasteiger partial charge in [0.05, 0.1) is 0 Å². The SMILES string of the molecule is C[C@H](NCc1ccnc(C#N)c1)c1ccc(Cl)cc1. The highest BCUT2D eigenvalue weighted by molar-refractivity contribution is 6.30. The van der Waals surface area contributed by atoms with Crippen molar-refractivity contribution in [2.75, 3.05) is 0 Å². The molecule has 0 saturated carbocycles. The third-order valence-corrected chi connectivity index (χ3v) is 3.17. The predicted molar refractivity (Wildman–Crippen MR) is 75.7 cm³/mol. The molecule has 0 fully saturated rings. The number of hydrogen-bond donors (Lipinski definition) is 1. The third-order valence-electron chi connectivity index (χ3n) is 2.92. The van der Waals surface area contributed by atoms with Crippen molar-refractivity contribution in [1.82, 2.24) is 10.3 Å². The first-order valence-corrected chi connectivity index (χ1v) is 6.40. The summed E-state index contributed by atoms with van der Waals surface area (Å²) in [6.07, 6.45) is 1.66. The monoisotopic (exact) mass is 271 g/mol. The van der Waals surface area contributed by atoms with E-state index in [2.05, 4.69) is 17.2 Å². The average Bonchev–Trinajstić information content (AvgIpc) is 2.46. The fraction of sp³-hybridized carbons (Fsp3) is 0.200. The van der Waals surface area contributed by atoms with E-state index in [0.717, 1.165) is 10.6 Å². The Morgan fingerprint density at radius 1 is 1.32 bits per heavy atom. The van der Waals surface area contributed by atoms with Gasteiger partial charge >= 0.3 is 0 Å². The lowest BCUT2D eigenvalue weighted by Gasteiger charge is -2.14. The van der Waals surface area contributed by atoms with E-state index < -0.39 is 0 Å². The topological polar surface area (TPSA) is 48.7 Å². The summed E-state index contributed by atoms with van der Waals surface area (Å²) in [5.41, 5.74) is 2.67. The van der Waals surface area contributed by atoms with Gasteiger partial charge in [0.2, 0.25) is 0 Å². The second-order valence-electron chi connectivity index (χ2n) is 4.32. The van der Waals surface area contributed by atoms with Gasteiger partial charge in [-0.05, 0) is 42.3 Å². The summed E-state index contributed by atoms with van der Waals surface area (Å²) < 4.78 is 0. The van der Waals surface area contributed by atoms with E-state index in [9.17, 15) is 0 Å². The van der Waals surface area contributed by atoms with Gasteiger partial charge in [-0.1, -0.05) is 23.7 Å². The van der Waals surface area contributed by atoms with Crippen LogP contribution in [0.3, 0.4) is 0 Å². The van der Waals surface area contributed by atoms with Crippen molar-refractivity contribution in [3.63, 3.8) is 0 Å². The van der Waals surface area contributed by atoms with Crippen LogP contribution in [0.2, 0.25) is 5.02 Å². The highest BCUT2D eigenvalue weighted by Crippen LogP contribution is 2.16. The Hall–Kier alpha value is -1.89. The van der Waals surface area contributed by atoms with Crippen LogP contribution in [0.4, 0.5) is 0 Å². The Morgan fingerprint density at radius 3 is 2.74 bits per heavy atom. The zero-order chi connectivity index (χ0) is 13.7. The van der Waals surface area contributed by atoms with Gasteiger partial charge in [0.1, 0.15) is 11.8 Å². The molecule has 0 aliphatic rings. The number of nitrogens with zero attached hydrogens (tertiary/aromatic N) is 2. The summed E-state index contributed by atoms with van der Waals surface area (Å²) in [6, 6.07) is 13.7. The third kappa shape index (κ3) is 3.78. The Morgan fingerprint density at radius 2 is 2.05 bits per heavy atom. The van der Waals surface area contributed by atoms with Crippen molar-refractivity contribution in [2.24, 2.45) is 0 Å². The fourth-order valence-corrected chi connectivity index (χ4v) is 1.91. The van der Waals surface area contributed by atoms with Gasteiger partial charge in [0.25, 0.3) is 0 Å². The first kappa shape index (κ1) is 13.5. The summed E-state index contributed by atoms with van der Waals surface area (Å²) in [4.78, 5) is 3.95. The number of nitrogens with one attached hydrogen (secondary N) is 1. The Balaban J connectivity index is 1.98. The van der Waals surface area contributed by atoms with Crippen LogP contribution in [0.1, 0.15) is 29.8 Å². The molecule has 1 atom stereocenters. The van der Waals surface area contributed by atoms with Gasteiger partial charge in [0, 0.05) is 23.8 Å². The number of rotatable bonds is 4. The number of benzene rings is 1. The van der Waals surface area contributed by atoms with Crippen molar-refractivity contribution in [3.8, 4) is 6.07 Å². The minimum absolute atomic E-state index is 0.218. The van der Waals surface area contributed by atoms with Crippen molar-refractivity contribution in [3.05, 3.63) is 64.4 Å². The fourth-order valence-electron chi connectivity index (χ4n) is 1.79. The van der Waals surface area contributed by atoms with Crippen molar-refractivity contribution in [1.29, 1.82) is 5.26 Å². The first-order chi connectivity index (χ1) is 9.19. The van der Waals surface area contributed by atoms with Gasteiger partial charge in [0.15, 0.2) is 0 Å². The molecule has 3 nitrogen and oxygen atoms in total. The molecule has 1 aromatic carbocycles. The molecule has 2 aromatic rings.